The van der Waals surface area contributed by atoms with Crippen LogP contribution in [-0.2, 0) is 12.8 Å². The van der Waals surface area contributed by atoms with Crippen molar-refractivity contribution < 1.29 is 0 Å². The number of nitrogens with zero attached hydrogens (tertiary/aromatic N) is 3. The normalized spacial score (nSPS) is 10.8. The lowest BCUT2D eigenvalue weighted by atomic mass is 10.1. The predicted octanol–water partition coefficient (Wildman–Crippen LogP) is 2.75. The van der Waals surface area contributed by atoms with Gasteiger partial charge in [0.25, 0.3) is 0 Å². The number of para-hydroxylation sites is 1. The Morgan fingerprint density at radius 3 is 2.56 bits per heavy atom. The third-order valence-corrected chi connectivity index (χ3v) is 3.02. The fourth-order valence-corrected chi connectivity index (χ4v) is 2.18. The molecule has 0 aliphatic rings. The van der Waals surface area contributed by atoms with Crippen LogP contribution in [0.4, 0.5) is 5.82 Å². The molecule has 4 heteroatoms. The summed E-state index contributed by atoms with van der Waals surface area (Å²) in [4.78, 5) is 0. The quantitative estimate of drug-likeness (QED) is 0.879. The van der Waals surface area contributed by atoms with Gasteiger partial charge >= 0.3 is 0 Å². The molecule has 0 spiro atoms. The zero-order valence-corrected chi connectivity index (χ0v) is 11.1. The van der Waals surface area contributed by atoms with E-state index in [4.69, 9.17) is 5.73 Å². The molecule has 96 valence electrons. The number of nitrogens with two attached hydrogens (primary N) is 1. The maximum Gasteiger partial charge on any atom is 0.169 e. The van der Waals surface area contributed by atoms with Gasteiger partial charge in [0.05, 0.1) is 11.4 Å². The highest BCUT2D eigenvalue weighted by atomic mass is 15.4. The van der Waals surface area contributed by atoms with Crippen molar-refractivity contribution in [2.24, 2.45) is 0 Å². The van der Waals surface area contributed by atoms with Crippen molar-refractivity contribution in [2.75, 3.05) is 5.73 Å². The van der Waals surface area contributed by atoms with Crippen LogP contribution < -0.4 is 5.73 Å². The SMILES string of the molecule is CCCc1ccccc1-n1nnc(N)c1CCC. The zero-order valence-electron chi connectivity index (χ0n) is 11.1. The molecule has 0 atom stereocenters. The van der Waals surface area contributed by atoms with Gasteiger partial charge in [0.1, 0.15) is 0 Å². The van der Waals surface area contributed by atoms with Crippen molar-refractivity contribution in [1.82, 2.24) is 15.0 Å². The molecule has 0 radical (unpaired) electrons. The van der Waals surface area contributed by atoms with Crippen molar-refractivity contribution in [3.05, 3.63) is 35.5 Å². The van der Waals surface area contributed by atoms with Crippen molar-refractivity contribution in [2.45, 2.75) is 39.5 Å². The van der Waals surface area contributed by atoms with Crippen LogP contribution in [0, 0.1) is 0 Å². The lowest BCUT2D eigenvalue weighted by Gasteiger charge is -2.10. The van der Waals surface area contributed by atoms with Crippen molar-refractivity contribution in [1.29, 1.82) is 0 Å². The van der Waals surface area contributed by atoms with Crippen LogP contribution in [0.1, 0.15) is 37.9 Å². The molecule has 0 aliphatic carbocycles. The van der Waals surface area contributed by atoms with E-state index in [2.05, 4.69) is 42.4 Å². The van der Waals surface area contributed by atoms with E-state index >= 15 is 0 Å². The number of aromatic nitrogens is 3. The number of nitrogen functional groups attached to an aromatic ring is 1. The van der Waals surface area contributed by atoms with Crippen LogP contribution >= 0.6 is 0 Å². The maximum atomic E-state index is 5.89. The third-order valence-electron chi connectivity index (χ3n) is 3.02. The Morgan fingerprint density at radius 1 is 1.11 bits per heavy atom. The van der Waals surface area contributed by atoms with Gasteiger partial charge in [0.15, 0.2) is 5.82 Å². The predicted molar refractivity (Wildman–Crippen MR) is 73.8 cm³/mol. The molecule has 4 nitrogen and oxygen atoms in total. The molecule has 0 aliphatic heterocycles. The Kier molecular flexibility index (Phi) is 3.97. The smallest absolute Gasteiger partial charge is 0.169 e. The summed E-state index contributed by atoms with van der Waals surface area (Å²) in [7, 11) is 0. The number of hydrogen-bond donors (Lipinski definition) is 1. The minimum Gasteiger partial charge on any atom is -0.381 e. The van der Waals surface area contributed by atoms with Crippen LogP contribution in [0.5, 0.6) is 0 Å². The Morgan fingerprint density at radius 2 is 1.83 bits per heavy atom. The minimum absolute atomic E-state index is 0.545. The van der Waals surface area contributed by atoms with E-state index in [9.17, 15) is 0 Å². The maximum absolute atomic E-state index is 5.89. The van der Waals surface area contributed by atoms with E-state index in [1.165, 1.54) is 5.56 Å². The van der Waals surface area contributed by atoms with Crippen LogP contribution in [0.15, 0.2) is 24.3 Å². The highest BCUT2D eigenvalue weighted by Gasteiger charge is 2.13. The number of aryl methyl sites for hydroxylation is 1. The van der Waals surface area contributed by atoms with Gasteiger partial charge in [-0.15, -0.1) is 5.10 Å². The first-order valence-corrected chi connectivity index (χ1v) is 6.56. The average Bonchev–Trinajstić information content (AvgIpc) is 2.73. The Hall–Kier alpha value is -1.84. The number of anilines is 1. The number of benzene rings is 1. The first-order valence-electron chi connectivity index (χ1n) is 6.56. The molecule has 0 fully saturated rings. The van der Waals surface area contributed by atoms with Gasteiger partial charge in [-0.25, -0.2) is 4.68 Å². The van der Waals surface area contributed by atoms with E-state index in [0.717, 1.165) is 37.1 Å². The fourth-order valence-electron chi connectivity index (χ4n) is 2.18. The summed E-state index contributed by atoms with van der Waals surface area (Å²) in [6.45, 7) is 4.31. The number of hydrogen-bond acceptors (Lipinski definition) is 3. The monoisotopic (exact) mass is 244 g/mol. The highest BCUT2D eigenvalue weighted by molar-refractivity contribution is 5.45. The second-order valence-electron chi connectivity index (χ2n) is 4.46. The van der Waals surface area contributed by atoms with E-state index in [1.54, 1.807) is 0 Å². The molecule has 2 aromatic rings. The summed E-state index contributed by atoms with van der Waals surface area (Å²) in [5, 5.41) is 8.19. The summed E-state index contributed by atoms with van der Waals surface area (Å²) >= 11 is 0. The Labute approximate surface area is 108 Å². The van der Waals surface area contributed by atoms with Gasteiger partial charge < -0.3 is 5.73 Å². The molecule has 0 unspecified atom stereocenters. The summed E-state index contributed by atoms with van der Waals surface area (Å²) in [5.41, 5.74) is 9.31. The third kappa shape index (κ3) is 2.37. The summed E-state index contributed by atoms with van der Waals surface area (Å²) in [6, 6.07) is 8.32. The molecule has 1 aromatic carbocycles. The van der Waals surface area contributed by atoms with Crippen LogP contribution in [0.2, 0.25) is 0 Å². The molecule has 18 heavy (non-hydrogen) atoms. The summed E-state index contributed by atoms with van der Waals surface area (Å²) < 4.78 is 1.89. The lowest BCUT2D eigenvalue weighted by Crippen LogP contribution is -2.06. The summed E-state index contributed by atoms with van der Waals surface area (Å²) in [5.74, 6) is 0.545. The molecule has 1 heterocycles. The first-order chi connectivity index (χ1) is 8.77. The van der Waals surface area contributed by atoms with Gasteiger partial charge in [-0.05, 0) is 24.5 Å². The molecule has 0 saturated carbocycles. The molecule has 2 N–H and O–H groups in total. The largest absolute Gasteiger partial charge is 0.381 e. The number of rotatable bonds is 5. The molecule has 0 bridgehead atoms. The second kappa shape index (κ2) is 5.67. The van der Waals surface area contributed by atoms with E-state index in [-0.39, 0.29) is 0 Å². The van der Waals surface area contributed by atoms with Crippen molar-refractivity contribution >= 4 is 5.82 Å². The van der Waals surface area contributed by atoms with Crippen LogP contribution in [-0.4, -0.2) is 15.0 Å². The lowest BCUT2D eigenvalue weighted by molar-refractivity contribution is 0.735. The summed E-state index contributed by atoms with van der Waals surface area (Å²) in [6.07, 6.45) is 4.10. The average molecular weight is 244 g/mol. The van der Waals surface area contributed by atoms with Gasteiger partial charge in [0, 0.05) is 0 Å². The highest BCUT2D eigenvalue weighted by Crippen LogP contribution is 2.20. The molecular formula is C14H20N4. The van der Waals surface area contributed by atoms with Crippen LogP contribution in [0.3, 0.4) is 0 Å². The van der Waals surface area contributed by atoms with Gasteiger partial charge in [-0.3, -0.25) is 0 Å². The topological polar surface area (TPSA) is 56.7 Å². The van der Waals surface area contributed by atoms with Gasteiger partial charge in [-0.1, -0.05) is 50.1 Å². The van der Waals surface area contributed by atoms with Gasteiger partial charge in [0.2, 0.25) is 0 Å². The zero-order chi connectivity index (χ0) is 13.0. The fraction of sp³-hybridized carbons (Fsp3) is 0.429. The van der Waals surface area contributed by atoms with Crippen molar-refractivity contribution in [3.63, 3.8) is 0 Å². The Bertz CT molecular complexity index is 516. The van der Waals surface area contributed by atoms with E-state index < -0.39 is 0 Å². The van der Waals surface area contributed by atoms with Crippen molar-refractivity contribution in [3.8, 4) is 5.69 Å². The molecular weight excluding hydrogens is 224 g/mol. The minimum atomic E-state index is 0.545. The van der Waals surface area contributed by atoms with E-state index in [0.29, 0.717) is 5.82 Å². The molecule has 1 aromatic heterocycles. The van der Waals surface area contributed by atoms with Crippen LogP contribution in [0.25, 0.3) is 5.69 Å². The Balaban J connectivity index is 2.48. The molecule has 0 amide bonds. The molecule has 2 rings (SSSR count). The van der Waals surface area contributed by atoms with Gasteiger partial charge in [-0.2, -0.15) is 0 Å². The first kappa shape index (κ1) is 12.6. The molecule has 0 saturated heterocycles. The standard InChI is InChI=1S/C14H20N4/c1-3-7-11-9-5-6-10-12(11)18-13(8-4-2)14(15)16-17-18/h5-6,9-10H,3-4,7-8,15H2,1-2H3. The van der Waals surface area contributed by atoms with E-state index in [1.807, 2.05) is 10.7 Å². The second-order valence-corrected chi connectivity index (χ2v) is 4.46.